The van der Waals surface area contributed by atoms with E-state index >= 15 is 0 Å². The van der Waals surface area contributed by atoms with Crippen LogP contribution in [0, 0.1) is 11.8 Å². The highest BCUT2D eigenvalue weighted by Crippen LogP contribution is 2.54. The molecule has 2 fully saturated rings. The van der Waals surface area contributed by atoms with Crippen molar-refractivity contribution in [3.63, 3.8) is 0 Å². The summed E-state index contributed by atoms with van der Waals surface area (Å²) in [5.41, 5.74) is 2.17. The summed E-state index contributed by atoms with van der Waals surface area (Å²) in [5, 5.41) is 62.8. The Balaban J connectivity index is 1.22. The normalized spacial score (nSPS) is 20.7. The first-order chi connectivity index (χ1) is 28.0. The van der Waals surface area contributed by atoms with Crippen molar-refractivity contribution in [1.82, 2.24) is 0 Å². The Kier molecular flexibility index (Phi) is 13.5. The van der Waals surface area contributed by atoms with Crippen molar-refractivity contribution in [2.45, 2.75) is 36.6 Å². The van der Waals surface area contributed by atoms with E-state index in [9.17, 15) is 30.6 Å². The Morgan fingerprint density at radius 3 is 1.14 bits per heavy atom. The molecular formula is C42H50O16. The van der Waals surface area contributed by atoms with Crippen LogP contribution in [0.1, 0.15) is 46.7 Å². The molecule has 2 aliphatic heterocycles. The van der Waals surface area contributed by atoms with Gasteiger partial charge in [0.05, 0.1) is 81.3 Å². The number of fused-ring (bicyclic) bond motifs is 1. The third kappa shape index (κ3) is 8.30. The molecule has 0 saturated carbocycles. The zero-order valence-electron chi connectivity index (χ0n) is 33.0. The summed E-state index contributed by atoms with van der Waals surface area (Å²) in [4.78, 5) is 0. The maximum absolute atomic E-state index is 11.2. The number of hydrogen-bond donors (Lipinski definition) is 6. The number of aliphatic hydroxyl groups is 4. The fourth-order valence-corrected chi connectivity index (χ4v) is 7.49. The zero-order valence-corrected chi connectivity index (χ0v) is 33.0. The summed E-state index contributed by atoms with van der Waals surface area (Å²) >= 11 is 0. The summed E-state index contributed by atoms with van der Waals surface area (Å²) in [6, 6.07) is 15.7. The van der Waals surface area contributed by atoms with E-state index in [1.165, 1.54) is 79.1 Å². The molecule has 0 aromatic heterocycles. The minimum Gasteiger partial charge on any atom is -0.504 e. The summed E-state index contributed by atoms with van der Waals surface area (Å²) in [6.45, 7) is -0.408. The van der Waals surface area contributed by atoms with Crippen molar-refractivity contribution < 1.29 is 78.0 Å². The van der Waals surface area contributed by atoms with Crippen LogP contribution < -0.4 is 37.9 Å². The fraction of sp³-hybridized carbons (Fsp3) is 0.429. The molecule has 6 rings (SSSR count). The van der Waals surface area contributed by atoms with E-state index in [0.717, 1.165) is 11.1 Å². The Morgan fingerprint density at radius 1 is 0.517 bits per heavy atom. The second-order valence-corrected chi connectivity index (χ2v) is 13.8. The van der Waals surface area contributed by atoms with E-state index in [2.05, 4.69) is 0 Å². The third-order valence-corrected chi connectivity index (χ3v) is 10.6. The van der Waals surface area contributed by atoms with Crippen molar-refractivity contribution in [1.29, 1.82) is 0 Å². The van der Waals surface area contributed by atoms with Gasteiger partial charge in [0.2, 0.25) is 11.5 Å². The molecule has 314 valence electrons. The number of aliphatic hydroxyl groups excluding tert-OH is 4. The van der Waals surface area contributed by atoms with Crippen LogP contribution in [0.2, 0.25) is 0 Å². The standard InChI is InChI=1S/C42H50O16/c1-49-29-11-21(7-9-27(29)45)37(47)35(17-43)57-41-31(51-3)13-23(14-32(41)52-4)39-25-19-56-40(26(25)20-55-39)24-15-33(53-5)42(34(16-24)54-6)58-36(18-44)38(48)22-8-10-28(46)30(12-22)50-2/h7-16,25-26,35-40,43-48H,17-20H2,1-6H3/t25-,26-,35?,36?,37?,38?,39+,40+/m1/s1. The van der Waals surface area contributed by atoms with E-state index < -0.39 is 49.8 Å². The molecule has 16 heteroatoms. The monoisotopic (exact) mass is 810 g/mol. The first-order valence-corrected chi connectivity index (χ1v) is 18.4. The Hall–Kier alpha value is -5.36. The Labute approximate surface area is 335 Å². The molecule has 8 atom stereocenters. The summed E-state index contributed by atoms with van der Waals surface area (Å²) in [7, 11) is 8.65. The van der Waals surface area contributed by atoms with Crippen molar-refractivity contribution in [2.24, 2.45) is 11.8 Å². The molecule has 2 saturated heterocycles. The van der Waals surface area contributed by atoms with E-state index in [-0.39, 0.29) is 69.3 Å². The van der Waals surface area contributed by atoms with Crippen LogP contribution in [0.4, 0.5) is 0 Å². The van der Waals surface area contributed by atoms with Crippen molar-refractivity contribution in [3.8, 4) is 57.5 Å². The van der Waals surface area contributed by atoms with Crippen LogP contribution >= 0.6 is 0 Å². The van der Waals surface area contributed by atoms with Gasteiger partial charge in [0.25, 0.3) is 0 Å². The van der Waals surface area contributed by atoms with Gasteiger partial charge in [-0.3, -0.25) is 0 Å². The zero-order chi connectivity index (χ0) is 41.7. The average molecular weight is 811 g/mol. The van der Waals surface area contributed by atoms with Crippen LogP contribution in [0.15, 0.2) is 60.7 Å². The molecule has 0 spiro atoms. The molecule has 0 bridgehead atoms. The number of benzene rings is 4. The van der Waals surface area contributed by atoms with Gasteiger partial charge >= 0.3 is 0 Å². The van der Waals surface area contributed by atoms with Crippen molar-refractivity contribution in [2.75, 3.05) is 69.1 Å². The number of aromatic hydroxyl groups is 2. The highest BCUT2D eigenvalue weighted by Gasteiger charge is 2.49. The predicted molar refractivity (Wildman–Crippen MR) is 206 cm³/mol. The molecule has 2 heterocycles. The SMILES string of the molecule is COc1cc(C(O)C(CO)Oc2c(OC)cc([C@@H]3OC[C@@H]4[C@H]3CO[C@H]4c3cc(OC)c(OC(CO)C(O)c4ccc(O)c(OC)c4)c(OC)c3)cc2OC)ccc1O. The van der Waals surface area contributed by atoms with Gasteiger partial charge in [-0.1, -0.05) is 12.1 Å². The van der Waals surface area contributed by atoms with E-state index in [0.29, 0.717) is 24.3 Å². The largest absolute Gasteiger partial charge is 0.504 e. The first-order valence-electron chi connectivity index (χ1n) is 18.4. The van der Waals surface area contributed by atoms with Gasteiger partial charge in [0, 0.05) is 11.8 Å². The number of hydrogen-bond acceptors (Lipinski definition) is 16. The Morgan fingerprint density at radius 2 is 0.845 bits per heavy atom. The molecule has 16 nitrogen and oxygen atoms in total. The van der Waals surface area contributed by atoms with E-state index in [4.69, 9.17) is 47.4 Å². The third-order valence-electron chi connectivity index (χ3n) is 10.6. The number of phenols is 2. The quantitative estimate of drug-likeness (QED) is 0.0832. The second kappa shape index (κ2) is 18.5. The molecule has 4 aromatic carbocycles. The number of ether oxygens (including phenoxy) is 10. The average Bonchev–Trinajstić information content (AvgIpc) is 3.87. The lowest BCUT2D eigenvalue weighted by molar-refractivity contribution is -0.00205. The highest BCUT2D eigenvalue weighted by atomic mass is 16.6. The van der Waals surface area contributed by atoms with E-state index in [1.807, 2.05) is 0 Å². The maximum Gasteiger partial charge on any atom is 0.204 e. The predicted octanol–water partition coefficient (Wildman–Crippen LogP) is 4.17. The fourth-order valence-electron chi connectivity index (χ4n) is 7.49. The van der Waals surface area contributed by atoms with Gasteiger partial charge < -0.3 is 78.0 Å². The molecule has 0 radical (unpaired) electrons. The van der Waals surface area contributed by atoms with Gasteiger partial charge in [-0.05, 0) is 70.8 Å². The van der Waals surface area contributed by atoms with Gasteiger partial charge in [0.15, 0.2) is 58.2 Å². The molecule has 6 N–H and O–H groups in total. The first kappa shape index (κ1) is 42.3. The van der Waals surface area contributed by atoms with Crippen molar-refractivity contribution >= 4 is 0 Å². The second-order valence-electron chi connectivity index (χ2n) is 13.8. The van der Waals surface area contributed by atoms with Gasteiger partial charge in [-0.25, -0.2) is 0 Å². The molecule has 4 aromatic rings. The van der Waals surface area contributed by atoms with Crippen LogP contribution in [0.3, 0.4) is 0 Å². The number of methoxy groups -OCH3 is 6. The number of rotatable bonds is 18. The molecule has 0 aliphatic carbocycles. The molecular weight excluding hydrogens is 760 g/mol. The lowest BCUT2D eigenvalue weighted by atomic mass is 9.84. The van der Waals surface area contributed by atoms with Gasteiger partial charge in [-0.2, -0.15) is 0 Å². The summed E-state index contributed by atoms with van der Waals surface area (Å²) in [5.74, 6) is 1.38. The van der Waals surface area contributed by atoms with Crippen LogP contribution in [-0.4, -0.2) is 112 Å². The lowest BCUT2D eigenvalue weighted by Crippen LogP contribution is -2.29. The maximum atomic E-state index is 11.2. The van der Waals surface area contributed by atoms with Gasteiger partial charge in [0.1, 0.15) is 12.2 Å². The molecule has 2 aliphatic rings. The van der Waals surface area contributed by atoms with Crippen molar-refractivity contribution in [3.05, 3.63) is 82.9 Å². The highest BCUT2D eigenvalue weighted by molar-refractivity contribution is 5.56. The molecule has 4 unspecified atom stereocenters. The minimum absolute atomic E-state index is 0.0909. The number of phenolic OH excluding ortho intramolecular Hbond substituents is 2. The van der Waals surface area contributed by atoms with Crippen LogP contribution in [0.25, 0.3) is 0 Å². The Bertz CT molecular complexity index is 1830. The summed E-state index contributed by atoms with van der Waals surface area (Å²) in [6.07, 6.45) is -5.76. The minimum atomic E-state index is -1.31. The summed E-state index contributed by atoms with van der Waals surface area (Å²) < 4.78 is 58.4. The lowest BCUT2D eigenvalue weighted by Gasteiger charge is -2.26. The topological polar surface area (TPSA) is 214 Å². The van der Waals surface area contributed by atoms with Gasteiger partial charge in [-0.15, -0.1) is 0 Å². The molecule has 58 heavy (non-hydrogen) atoms. The molecule has 0 amide bonds. The van der Waals surface area contributed by atoms with E-state index in [1.54, 1.807) is 24.3 Å². The smallest absolute Gasteiger partial charge is 0.204 e. The van der Waals surface area contributed by atoms with Crippen LogP contribution in [-0.2, 0) is 9.47 Å². The van der Waals surface area contributed by atoms with Crippen LogP contribution in [0.5, 0.6) is 57.5 Å².